The van der Waals surface area contributed by atoms with Gasteiger partial charge in [-0.2, -0.15) is 0 Å². The summed E-state index contributed by atoms with van der Waals surface area (Å²) in [5.41, 5.74) is 4.22. The molecule has 2 bridgehead atoms. The van der Waals surface area contributed by atoms with Gasteiger partial charge >= 0.3 is 0 Å². The Morgan fingerprint density at radius 1 is 1.04 bits per heavy atom. The van der Waals surface area contributed by atoms with E-state index in [-0.39, 0.29) is 18.0 Å². The van der Waals surface area contributed by atoms with Crippen LogP contribution in [0.25, 0.3) is 10.1 Å². The first-order valence-electron chi connectivity index (χ1n) is 8.57. The van der Waals surface area contributed by atoms with E-state index in [1.165, 1.54) is 11.3 Å². The van der Waals surface area contributed by atoms with Crippen molar-refractivity contribution in [2.45, 2.75) is 24.9 Å². The number of benzene rings is 2. The van der Waals surface area contributed by atoms with Gasteiger partial charge in [0.1, 0.15) is 0 Å². The number of nitrogens with one attached hydrogen (secondary N) is 1. The van der Waals surface area contributed by atoms with Gasteiger partial charge in [-0.15, -0.1) is 11.3 Å². The first-order chi connectivity index (χ1) is 12.7. The van der Waals surface area contributed by atoms with Gasteiger partial charge in [-0.05, 0) is 53.6 Å². The third kappa shape index (κ3) is 2.12. The van der Waals surface area contributed by atoms with Crippen LogP contribution in [-0.2, 0) is 0 Å². The molecule has 0 radical (unpaired) electrons. The average Bonchev–Trinajstić information content (AvgIpc) is 3.37. The van der Waals surface area contributed by atoms with Gasteiger partial charge in [-0.3, -0.25) is 14.8 Å². The molecule has 2 aliphatic rings. The quantitative estimate of drug-likeness (QED) is 0.532. The summed E-state index contributed by atoms with van der Waals surface area (Å²) in [6.07, 6.45) is 1.85. The van der Waals surface area contributed by atoms with Gasteiger partial charge in [0.15, 0.2) is 0 Å². The number of carbonyl (C=O) groups excluding carboxylic acids is 2. The molecule has 3 heterocycles. The molecule has 2 aliphatic heterocycles. The molecule has 2 N–H and O–H groups in total. The smallest absolute Gasteiger partial charge is 0.274 e. The molecule has 130 valence electrons. The number of hydroxylamine groups is 1. The van der Waals surface area contributed by atoms with E-state index in [9.17, 15) is 9.59 Å². The highest BCUT2D eigenvalue weighted by Crippen LogP contribution is 2.54. The van der Waals surface area contributed by atoms with Gasteiger partial charge in [-0.1, -0.05) is 24.3 Å². The van der Waals surface area contributed by atoms with Crippen molar-refractivity contribution >= 4 is 33.2 Å². The minimum Gasteiger partial charge on any atom is -0.324 e. The Hall–Kier alpha value is -2.70. The third-order valence-electron chi connectivity index (χ3n) is 5.42. The van der Waals surface area contributed by atoms with Crippen molar-refractivity contribution in [2.75, 3.05) is 0 Å². The molecular formula is C20H16N2O3S. The first-order valence-corrected chi connectivity index (χ1v) is 9.38. The Morgan fingerprint density at radius 3 is 2.58 bits per heavy atom. The van der Waals surface area contributed by atoms with Crippen molar-refractivity contribution in [3.8, 4) is 0 Å². The highest BCUT2D eigenvalue weighted by Gasteiger charge is 2.46. The van der Waals surface area contributed by atoms with Crippen molar-refractivity contribution in [3.63, 3.8) is 0 Å². The van der Waals surface area contributed by atoms with Crippen LogP contribution < -0.4 is 5.48 Å². The molecule has 0 spiro atoms. The maximum Gasteiger partial charge on any atom is 0.274 e. The van der Waals surface area contributed by atoms with Gasteiger partial charge in [0.2, 0.25) is 0 Å². The molecule has 1 aromatic heterocycles. The maximum absolute atomic E-state index is 13.2. The fourth-order valence-electron chi connectivity index (χ4n) is 4.29. The summed E-state index contributed by atoms with van der Waals surface area (Å²) in [6.45, 7) is 0. The standard InChI is InChI=1S/C20H16N2O3S/c23-19(21-25)12-5-6-13-14(9-12)16-8-7-15(13)22(16)20(24)18-10-11-3-1-2-4-17(11)26-18/h1-6,9-10,15-16,25H,7-8H2,(H,21,23). The number of thiophene rings is 1. The zero-order valence-corrected chi connectivity index (χ0v) is 14.6. The topological polar surface area (TPSA) is 69.6 Å². The molecule has 3 aromatic rings. The Morgan fingerprint density at radius 2 is 1.81 bits per heavy atom. The lowest BCUT2D eigenvalue weighted by molar-refractivity contribution is 0.0700. The minimum absolute atomic E-state index is 0.000782. The van der Waals surface area contributed by atoms with Gasteiger partial charge in [0, 0.05) is 10.3 Å². The van der Waals surface area contributed by atoms with E-state index in [2.05, 4.69) is 0 Å². The molecule has 2 amide bonds. The van der Waals surface area contributed by atoms with Gasteiger partial charge in [0.25, 0.3) is 11.8 Å². The van der Waals surface area contributed by atoms with Gasteiger partial charge in [0.05, 0.1) is 17.0 Å². The molecule has 2 atom stereocenters. The summed E-state index contributed by atoms with van der Waals surface area (Å²) in [7, 11) is 0. The van der Waals surface area contributed by atoms with Crippen molar-refractivity contribution in [1.82, 2.24) is 10.4 Å². The van der Waals surface area contributed by atoms with Crippen LogP contribution in [0.3, 0.4) is 0 Å². The Labute approximate surface area is 153 Å². The van der Waals surface area contributed by atoms with Crippen LogP contribution >= 0.6 is 11.3 Å². The van der Waals surface area contributed by atoms with E-state index in [1.54, 1.807) is 17.6 Å². The number of fused-ring (bicyclic) bond motifs is 6. The molecule has 5 nitrogen and oxygen atoms in total. The van der Waals surface area contributed by atoms with Crippen LogP contribution in [0.15, 0.2) is 48.5 Å². The molecular weight excluding hydrogens is 348 g/mol. The number of amides is 2. The molecule has 26 heavy (non-hydrogen) atoms. The van der Waals surface area contributed by atoms with Crippen LogP contribution in [0, 0.1) is 0 Å². The SMILES string of the molecule is O=C(NO)c1ccc2c(c1)C1CCC2N1C(=O)c1cc2ccccc2s1. The number of hydrogen-bond acceptors (Lipinski definition) is 4. The fourth-order valence-corrected chi connectivity index (χ4v) is 5.30. The highest BCUT2D eigenvalue weighted by atomic mass is 32.1. The minimum atomic E-state index is -0.530. The summed E-state index contributed by atoms with van der Waals surface area (Å²) in [5.74, 6) is -0.471. The van der Waals surface area contributed by atoms with Crippen LogP contribution in [0.5, 0.6) is 0 Å². The second-order valence-electron chi connectivity index (χ2n) is 6.75. The highest BCUT2D eigenvalue weighted by molar-refractivity contribution is 7.20. The van der Waals surface area contributed by atoms with Crippen LogP contribution in [-0.4, -0.2) is 21.9 Å². The Bertz CT molecular complexity index is 1030. The number of hydrogen-bond donors (Lipinski definition) is 2. The second-order valence-corrected chi connectivity index (χ2v) is 7.84. The lowest BCUT2D eigenvalue weighted by atomic mass is 9.90. The van der Waals surface area contributed by atoms with Crippen LogP contribution in [0.1, 0.15) is 56.1 Å². The van der Waals surface area contributed by atoms with E-state index in [4.69, 9.17) is 5.21 Å². The van der Waals surface area contributed by atoms with E-state index >= 15 is 0 Å². The molecule has 2 aromatic carbocycles. The molecule has 0 aliphatic carbocycles. The maximum atomic E-state index is 13.2. The Kier molecular flexibility index (Phi) is 3.38. The summed E-state index contributed by atoms with van der Waals surface area (Å²) >= 11 is 1.53. The van der Waals surface area contributed by atoms with E-state index < -0.39 is 5.91 Å². The zero-order chi connectivity index (χ0) is 17.8. The van der Waals surface area contributed by atoms with Crippen LogP contribution in [0.4, 0.5) is 0 Å². The summed E-state index contributed by atoms with van der Waals surface area (Å²) in [5, 5.41) is 9.95. The summed E-state index contributed by atoms with van der Waals surface area (Å²) in [6, 6.07) is 15.5. The molecule has 1 saturated heterocycles. The predicted molar refractivity (Wildman–Crippen MR) is 98.4 cm³/mol. The molecule has 2 unspecified atom stereocenters. The summed E-state index contributed by atoms with van der Waals surface area (Å²) in [4.78, 5) is 27.7. The van der Waals surface area contributed by atoms with E-state index in [0.717, 1.165) is 38.9 Å². The van der Waals surface area contributed by atoms with Crippen molar-refractivity contribution in [3.05, 3.63) is 70.1 Å². The molecule has 6 heteroatoms. The van der Waals surface area contributed by atoms with Crippen molar-refractivity contribution in [1.29, 1.82) is 0 Å². The second kappa shape index (κ2) is 5.65. The summed E-state index contributed by atoms with van der Waals surface area (Å²) < 4.78 is 1.11. The number of rotatable bonds is 2. The number of nitrogens with zero attached hydrogens (tertiary/aromatic N) is 1. The Balaban J connectivity index is 1.52. The monoisotopic (exact) mass is 364 g/mol. The van der Waals surface area contributed by atoms with E-state index in [0.29, 0.717) is 5.56 Å². The lowest BCUT2D eigenvalue weighted by Gasteiger charge is -2.21. The number of carbonyl (C=O) groups is 2. The average molecular weight is 364 g/mol. The lowest BCUT2D eigenvalue weighted by Crippen LogP contribution is -2.27. The normalized spacial score (nSPS) is 20.4. The zero-order valence-electron chi connectivity index (χ0n) is 13.8. The fraction of sp³-hybridized carbons (Fsp3) is 0.200. The molecule has 0 saturated carbocycles. The van der Waals surface area contributed by atoms with Crippen molar-refractivity contribution < 1.29 is 14.8 Å². The largest absolute Gasteiger partial charge is 0.324 e. The van der Waals surface area contributed by atoms with Gasteiger partial charge in [-0.25, -0.2) is 5.48 Å². The van der Waals surface area contributed by atoms with Gasteiger partial charge < -0.3 is 4.90 Å². The van der Waals surface area contributed by atoms with Crippen molar-refractivity contribution in [2.24, 2.45) is 0 Å². The first kappa shape index (κ1) is 15.5. The third-order valence-corrected chi connectivity index (χ3v) is 6.53. The predicted octanol–water partition coefficient (Wildman–Crippen LogP) is 4.05. The van der Waals surface area contributed by atoms with Crippen LogP contribution in [0.2, 0.25) is 0 Å². The van der Waals surface area contributed by atoms with E-state index in [1.807, 2.05) is 41.3 Å². The molecule has 5 rings (SSSR count). The molecule has 1 fully saturated rings.